The predicted octanol–water partition coefficient (Wildman–Crippen LogP) is 10.3. The summed E-state index contributed by atoms with van der Waals surface area (Å²) >= 11 is 0. The van der Waals surface area contributed by atoms with Gasteiger partial charge in [0, 0.05) is 0 Å². The van der Waals surface area contributed by atoms with Crippen molar-refractivity contribution in [2.45, 2.75) is 129 Å². The van der Waals surface area contributed by atoms with Gasteiger partial charge in [0.2, 0.25) is 0 Å². The average Bonchev–Trinajstić information content (AvgIpc) is 2.88. The van der Waals surface area contributed by atoms with Gasteiger partial charge in [0.1, 0.15) is 12.4 Å². The first-order valence-corrected chi connectivity index (χ1v) is 15.1. The van der Waals surface area contributed by atoms with Crippen molar-refractivity contribution >= 4 is 0 Å². The Labute approximate surface area is 212 Å². The Kier molecular flexibility index (Phi) is 13.2. The van der Waals surface area contributed by atoms with E-state index >= 15 is 0 Å². The minimum Gasteiger partial charge on any atom is -0.490 e. The van der Waals surface area contributed by atoms with E-state index in [0.717, 1.165) is 29.4 Å². The Balaban J connectivity index is 1.25. The normalized spacial score (nSPS) is 25.6. The second-order valence-corrected chi connectivity index (χ2v) is 11.6. The van der Waals surface area contributed by atoms with E-state index in [1.54, 1.807) is 0 Å². The monoisotopic (exact) mass is 466 g/mol. The van der Waals surface area contributed by atoms with Crippen LogP contribution < -0.4 is 4.74 Å². The highest BCUT2D eigenvalue weighted by Gasteiger charge is 2.21. The minimum absolute atomic E-state index is 0.706. The number of ether oxygens (including phenoxy) is 1. The summed E-state index contributed by atoms with van der Waals surface area (Å²) in [5, 5.41) is 0. The Bertz CT molecular complexity index is 644. The van der Waals surface area contributed by atoms with Crippen LogP contribution in [-0.2, 0) is 6.42 Å². The van der Waals surface area contributed by atoms with Crippen LogP contribution in [0.5, 0.6) is 5.75 Å². The summed E-state index contributed by atoms with van der Waals surface area (Å²) in [6.45, 7) is 5.32. The zero-order chi connectivity index (χ0) is 23.8. The third kappa shape index (κ3) is 10.6. The third-order valence-corrected chi connectivity index (χ3v) is 8.81. The van der Waals surface area contributed by atoms with Gasteiger partial charge in [0.05, 0.1) is 0 Å². The number of aryl methyl sites for hydroxylation is 1. The van der Waals surface area contributed by atoms with Crippen molar-refractivity contribution in [2.24, 2.45) is 23.7 Å². The number of unbranched alkanes of at least 4 members (excludes halogenated alkanes) is 4. The molecule has 2 fully saturated rings. The Hall–Kier alpha value is -1.24. The van der Waals surface area contributed by atoms with Crippen LogP contribution in [-0.4, -0.2) is 6.61 Å². The highest BCUT2D eigenvalue weighted by atomic mass is 16.5. The topological polar surface area (TPSA) is 9.23 Å². The SMILES string of the molecule is CCCCCC1CCC(C=CCOc2ccc(CCC3CCC(CCCCC)CC3)cc2)CC1. The zero-order valence-electron chi connectivity index (χ0n) is 22.6. The van der Waals surface area contributed by atoms with Crippen molar-refractivity contribution in [3.63, 3.8) is 0 Å². The van der Waals surface area contributed by atoms with Crippen LogP contribution in [0.3, 0.4) is 0 Å². The lowest BCUT2D eigenvalue weighted by molar-refractivity contribution is 0.249. The fourth-order valence-corrected chi connectivity index (χ4v) is 6.36. The van der Waals surface area contributed by atoms with Crippen molar-refractivity contribution in [1.82, 2.24) is 0 Å². The van der Waals surface area contributed by atoms with Gasteiger partial charge in [-0.25, -0.2) is 0 Å². The van der Waals surface area contributed by atoms with Crippen LogP contribution in [0, 0.1) is 23.7 Å². The maximum absolute atomic E-state index is 6.00. The molecule has 0 amide bonds. The molecule has 1 heteroatoms. The summed E-state index contributed by atoms with van der Waals surface area (Å²) < 4.78 is 6.00. The van der Waals surface area contributed by atoms with E-state index in [0.29, 0.717) is 6.61 Å². The Morgan fingerprint density at radius 1 is 0.676 bits per heavy atom. The second kappa shape index (κ2) is 16.4. The molecule has 0 aromatic heterocycles. The molecule has 1 aromatic carbocycles. The van der Waals surface area contributed by atoms with Crippen molar-refractivity contribution in [3.05, 3.63) is 42.0 Å². The molecule has 1 nitrogen and oxygen atoms in total. The standard InChI is InChI=1S/C33H54O/c1-3-5-7-10-28-13-15-30(16-14-28)12-9-27-34-33-25-23-32(24-26-33)22-21-31-19-17-29(18-20-31)11-8-6-4-2/h9,12,23-26,28-31H,3-8,10-11,13-22,27H2,1-2H3. The summed E-state index contributed by atoms with van der Waals surface area (Å²) in [6, 6.07) is 8.93. The molecule has 0 radical (unpaired) electrons. The molecule has 34 heavy (non-hydrogen) atoms. The molecule has 2 saturated carbocycles. The van der Waals surface area contributed by atoms with E-state index in [1.165, 1.54) is 121 Å². The molecule has 0 N–H and O–H groups in total. The number of benzene rings is 1. The van der Waals surface area contributed by atoms with Crippen molar-refractivity contribution in [1.29, 1.82) is 0 Å². The summed E-state index contributed by atoms with van der Waals surface area (Å²) in [5.41, 5.74) is 1.48. The summed E-state index contributed by atoms with van der Waals surface area (Å²) in [4.78, 5) is 0. The van der Waals surface area contributed by atoms with E-state index in [2.05, 4.69) is 50.3 Å². The van der Waals surface area contributed by atoms with Crippen LogP contribution in [0.1, 0.15) is 129 Å². The van der Waals surface area contributed by atoms with Crippen molar-refractivity contribution in [2.75, 3.05) is 6.61 Å². The highest BCUT2D eigenvalue weighted by molar-refractivity contribution is 5.27. The maximum atomic E-state index is 6.00. The highest BCUT2D eigenvalue weighted by Crippen LogP contribution is 2.35. The van der Waals surface area contributed by atoms with Gasteiger partial charge in [-0.05, 0) is 79.9 Å². The smallest absolute Gasteiger partial charge is 0.119 e. The second-order valence-electron chi connectivity index (χ2n) is 11.6. The van der Waals surface area contributed by atoms with Gasteiger partial charge in [-0.2, -0.15) is 0 Å². The number of hydrogen-bond acceptors (Lipinski definition) is 1. The fraction of sp³-hybridized carbons (Fsp3) is 0.758. The lowest BCUT2D eigenvalue weighted by atomic mass is 9.78. The van der Waals surface area contributed by atoms with Crippen molar-refractivity contribution < 1.29 is 4.74 Å². The third-order valence-electron chi connectivity index (χ3n) is 8.81. The van der Waals surface area contributed by atoms with Crippen LogP contribution in [0.4, 0.5) is 0 Å². The van der Waals surface area contributed by atoms with Crippen LogP contribution in [0.25, 0.3) is 0 Å². The predicted molar refractivity (Wildman–Crippen MR) is 149 cm³/mol. The van der Waals surface area contributed by atoms with Gasteiger partial charge in [-0.1, -0.05) is 115 Å². The molecule has 0 bridgehead atoms. The van der Waals surface area contributed by atoms with E-state index in [-0.39, 0.29) is 0 Å². The fourth-order valence-electron chi connectivity index (χ4n) is 6.36. The van der Waals surface area contributed by atoms with Gasteiger partial charge in [0.25, 0.3) is 0 Å². The summed E-state index contributed by atoms with van der Waals surface area (Å²) in [7, 11) is 0. The number of allylic oxidation sites excluding steroid dienone is 1. The molecule has 3 rings (SSSR count). The van der Waals surface area contributed by atoms with Crippen LogP contribution in [0.15, 0.2) is 36.4 Å². The van der Waals surface area contributed by atoms with Crippen molar-refractivity contribution in [3.8, 4) is 5.75 Å². The lowest BCUT2D eigenvalue weighted by Gasteiger charge is -2.28. The van der Waals surface area contributed by atoms with Gasteiger partial charge < -0.3 is 4.74 Å². The number of hydrogen-bond donors (Lipinski definition) is 0. The largest absolute Gasteiger partial charge is 0.490 e. The molecular weight excluding hydrogens is 412 g/mol. The van der Waals surface area contributed by atoms with Crippen LogP contribution >= 0.6 is 0 Å². The van der Waals surface area contributed by atoms with E-state index in [1.807, 2.05) is 0 Å². The quantitative estimate of drug-likeness (QED) is 0.184. The first-order valence-electron chi connectivity index (χ1n) is 15.1. The maximum Gasteiger partial charge on any atom is 0.119 e. The molecule has 0 atom stereocenters. The van der Waals surface area contributed by atoms with E-state index in [9.17, 15) is 0 Å². The Morgan fingerprint density at radius 2 is 1.21 bits per heavy atom. The minimum atomic E-state index is 0.706. The molecule has 2 aliphatic carbocycles. The molecule has 2 aliphatic rings. The molecule has 0 aliphatic heterocycles. The first-order chi connectivity index (χ1) is 16.8. The molecule has 192 valence electrons. The molecule has 0 heterocycles. The van der Waals surface area contributed by atoms with Crippen LogP contribution in [0.2, 0.25) is 0 Å². The molecular formula is C33H54O. The van der Waals surface area contributed by atoms with E-state index in [4.69, 9.17) is 4.74 Å². The van der Waals surface area contributed by atoms with Gasteiger partial charge >= 0.3 is 0 Å². The average molecular weight is 467 g/mol. The van der Waals surface area contributed by atoms with Gasteiger partial charge in [-0.3, -0.25) is 0 Å². The first kappa shape index (κ1) is 27.3. The molecule has 0 spiro atoms. The summed E-state index contributed by atoms with van der Waals surface area (Å²) in [5.74, 6) is 4.77. The Morgan fingerprint density at radius 3 is 1.76 bits per heavy atom. The molecule has 1 aromatic rings. The summed E-state index contributed by atoms with van der Waals surface area (Å²) in [6.07, 6.45) is 30.2. The molecule has 0 saturated heterocycles. The lowest BCUT2D eigenvalue weighted by Crippen LogP contribution is -2.15. The van der Waals surface area contributed by atoms with E-state index < -0.39 is 0 Å². The van der Waals surface area contributed by atoms with Gasteiger partial charge in [-0.15, -0.1) is 0 Å². The molecule has 0 unspecified atom stereocenters. The number of rotatable bonds is 15. The van der Waals surface area contributed by atoms with Gasteiger partial charge in [0.15, 0.2) is 0 Å². The zero-order valence-corrected chi connectivity index (χ0v) is 22.6.